The largest absolute Gasteiger partial charge is 0.398 e. The maximum atomic E-state index is 12.3. The fourth-order valence-electron chi connectivity index (χ4n) is 2.65. The van der Waals surface area contributed by atoms with E-state index in [2.05, 4.69) is 12.2 Å². The second-order valence-corrected chi connectivity index (χ2v) is 6.54. The van der Waals surface area contributed by atoms with Crippen LogP contribution in [0.2, 0.25) is 0 Å². The van der Waals surface area contributed by atoms with Crippen molar-refractivity contribution in [3.8, 4) is 0 Å². The van der Waals surface area contributed by atoms with E-state index in [0.717, 1.165) is 17.7 Å². The number of hydrogen-bond donors (Lipinski definition) is 2. The van der Waals surface area contributed by atoms with Crippen molar-refractivity contribution in [2.24, 2.45) is 0 Å². The van der Waals surface area contributed by atoms with E-state index in [4.69, 9.17) is 5.73 Å². The zero-order chi connectivity index (χ0) is 13.8. The fourth-order valence-corrected chi connectivity index (χ4v) is 3.85. The SMILES string of the molecule is CCSC1CCCC1NC(=O)c1cccc(N)c1C. The Hall–Kier alpha value is -1.16. The van der Waals surface area contributed by atoms with Gasteiger partial charge in [-0.25, -0.2) is 0 Å². The molecule has 1 amide bonds. The Bertz CT molecular complexity index is 461. The molecule has 2 atom stereocenters. The predicted octanol–water partition coefficient (Wildman–Crippen LogP) is 2.98. The number of carbonyl (C=O) groups excluding carboxylic acids is 1. The Labute approximate surface area is 119 Å². The van der Waals surface area contributed by atoms with Crippen molar-refractivity contribution >= 4 is 23.4 Å². The molecule has 4 heteroatoms. The van der Waals surface area contributed by atoms with Crippen LogP contribution in [0.4, 0.5) is 5.69 Å². The number of benzene rings is 1. The Morgan fingerprint density at radius 3 is 3.00 bits per heavy atom. The van der Waals surface area contributed by atoms with E-state index in [9.17, 15) is 4.79 Å². The Balaban J connectivity index is 2.06. The molecule has 0 heterocycles. The summed E-state index contributed by atoms with van der Waals surface area (Å²) in [5.41, 5.74) is 8.11. The molecule has 1 aliphatic rings. The van der Waals surface area contributed by atoms with Crippen LogP contribution in [-0.4, -0.2) is 23.0 Å². The van der Waals surface area contributed by atoms with Gasteiger partial charge in [0.2, 0.25) is 0 Å². The molecule has 1 saturated carbocycles. The van der Waals surface area contributed by atoms with E-state index in [-0.39, 0.29) is 5.91 Å². The molecule has 0 aliphatic heterocycles. The van der Waals surface area contributed by atoms with Gasteiger partial charge in [-0.15, -0.1) is 0 Å². The van der Waals surface area contributed by atoms with Crippen LogP contribution < -0.4 is 11.1 Å². The summed E-state index contributed by atoms with van der Waals surface area (Å²) in [6.45, 7) is 4.07. The number of hydrogen-bond acceptors (Lipinski definition) is 3. The Kier molecular flexibility index (Phi) is 4.75. The first-order chi connectivity index (χ1) is 9.13. The van der Waals surface area contributed by atoms with E-state index in [1.165, 1.54) is 12.8 Å². The summed E-state index contributed by atoms with van der Waals surface area (Å²) in [4.78, 5) is 12.3. The molecule has 1 aliphatic carbocycles. The lowest BCUT2D eigenvalue weighted by Gasteiger charge is -2.20. The van der Waals surface area contributed by atoms with Crippen LogP contribution >= 0.6 is 11.8 Å². The first-order valence-corrected chi connectivity index (χ1v) is 7.96. The van der Waals surface area contributed by atoms with Gasteiger partial charge in [0.1, 0.15) is 0 Å². The highest BCUT2D eigenvalue weighted by molar-refractivity contribution is 7.99. The zero-order valence-electron chi connectivity index (χ0n) is 11.6. The summed E-state index contributed by atoms with van der Waals surface area (Å²) in [5.74, 6) is 1.12. The molecule has 0 saturated heterocycles. The van der Waals surface area contributed by atoms with Crippen molar-refractivity contribution in [2.45, 2.75) is 44.4 Å². The minimum atomic E-state index is 0.0124. The molecule has 1 fully saturated rings. The lowest BCUT2D eigenvalue weighted by atomic mass is 10.1. The molecule has 2 unspecified atom stereocenters. The molecule has 2 rings (SSSR count). The Morgan fingerprint density at radius 2 is 2.26 bits per heavy atom. The predicted molar refractivity (Wildman–Crippen MR) is 82.6 cm³/mol. The molecule has 3 N–H and O–H groups in total. The maximum Gasteiger partial charge on any atom is 0.251 e. The second-order valence-electron chi connectivity index (χ2n) is 5.02. The number of nitrogens with two attached hydrogens (primary N) is 1. The smallest absolute Gasteiger partial charge is 0.251 e. The van der Waals surface area contributed by atoms with Gasteiger partial charge in [0.15, 0.2) is 0 Å². The average molecular weight is 278 g/mol. The second kappa shape index (κ2) is 6.33. The van der Waals surface area contributed by atoms with Crippen LogP contribution in [0.25, 0.3) is 0 Å². The van der Waals surface area contributed by atoms with Gasteiger partial charge >= 0.3 is 0 Å². The molecule has 0 aromatic heterocycles. The number of nitrogen functional groups attached to an aromatic ring is 1. The standard InChI is InChI=1S/C15H22N2OS/c1-3-19-14-9-5-8-13(14)17-15(18)11-6-4-7-12(16)10(11)2/h4,6-7,13-14H,3,5,8-9,16H2,1-2H3,(H,17,18). The minimum absolute atomic E-state index is 0.0124. The zero-order valence-corrected chi connectivity index (χ0v) is 12.4. The highest BCUT2D eigenvalue weighted by Crippen LogP contribution is 2.30. The van der Waals surface area contributed by atoms with Crippen molar-refractivity contribution in [3.63, 3.8) is 0 Å². The molecule has 0 bridgehead atoms. The number of rotatable bonds is 4. The lowest BCUT2D eigenvalue weighted by Crippen LogP contribution is -2.39. The number of thioether (sulfide) groups is 1. The molecule has 1 aromatic carbocycles. The summed E-state index contributed by atoms with van der Waals surface area (Å²) in [7, 11) is 0. The van der Waals surface area contributed by atoms with Gasteiger partial charge in [0.05, 0.1) is 0 Å². The normalized spacial score (nSPS) is 22.4. The summed E-state index contributed by atoms with van der Waals surface area (Å²) in [6.07, 6.45) is 3.50. The number of amides is 1. The van der Waals surface area contributed by atoms with Gasteiger partial charge in [-0.2, -0.15) is 11.8 Å². The molecular formula is C15H22N2OS. The molecular weight excluding hydrogens is 256 g/mol. The van der Waals surface area contributed by atoms with Crippen LogP contribution in [-0.2, 0) is 0 Å². The quantitative estimate of drug-likeness (QED) is 0.833. The monoisotopic (exact) mass is 278 g/mol. The third-order valence-electron chi connectivity index (χ3n) is 3.77. The summed E-state index contributed by atoms with van der Waals surface area (Å²) in [6, 6.07) is 5.82. The highest BCUT2D eigenvalue weighted by Gasteiger charge is 2.28. The third kappa shape index (κ3) is 3.24. The number of anilines is 1. The number of carbonyl (C=O) groups is 1. The fraction of sp³-hybridized carbons (Fsp3) is 0.533. The molecule has 104 valence electrons. The minimum Gasteiger partial charge on any atom is -0.398 e. The van der Waals surface area contributed by atoms with Crippen molar-refractivity contribution in [2.75, 3.05) is 11.5 Å². The molecule has 1 aromatic rings. The molecule has 0 spiro atoms. The van der Waals surface area contributed by atoms with E-state index in [1.54, 1.807) is 0 Å². The molecule has 3 nitrogen and oxygen atoms in total. The highest BCUT2D eigenvalue weighted by atomic mass is 32.2. The number of nitrogens with one attached hydrogen (secondary N) is 1. The van der Waals surface area contributed by atoms with Crippen LogP contribution in [0.5, 0.6) is 0 Å². The summed E-state index contributed by atoms with van der Waals surface area (Å²) < 4.78 is 0. The Morgan fingerprint density at radius 1 is 1.47 bits per heavy atom. The van der Waals surface area contributed by atoms with Crippen LogP contribution in [0.3, 0.4) is 0 Å². The van der Waals surface area contributed by atoms with Gasteiger partial charge in [-0.1, -0.05) is 19.4 Å². The lowest BCUT2D eigenvalue weighted by molar-refractivity contribution is 0.0938. The van der Waals surface area contributed by atoms with Crippen molar-refractivity contribution in [1.82, 2.24) is 5.32 Å². The van der Waals surface area contributed by atoms with E-state index in [0.29, 0.717) is 22.5 Å². The van der Waals surface area contributed by atoms with Crippen molar-refractivity contribution in [1.29, 1.82) is 0 Å². The van der Waals surface area contributed by atoms with Crippen molar-refractivity contribution in [3.05, 3.63) is 29.3 Å². The summed E-state index contributed by atoms with van der Waals surface area (Å²) in [5, 5.41) is 3.75. The first-order valence-electron chi connectivity index (χ1n) is 6.91. The van der Waals surface area contributed by atoms with Gasteiger partial charge in [-0.3, -0.25) is 4.79 Å². The van der Waals surface area contributed by atoms with Gasteiger partial charge in [0.25, 0.3) is 5.91 Å². The molecule has 0 radical (unpaired) electrons. The van der Waals surface area contributed by atoms with Crippen LogP contribution in [0.1, 0.15) is 42.1 Å². The van der Waals surface area contributed by atoms with Crippen molar-refractivity contribution < 1.29 is 4.79 Å². The first kappa shape index (κ1) is 14.3. The van der Waals surface area contributed by atoms with E-state index < -0.39 is 0 Å². The summed E-state index contributed by atoms with van der Waals surface area (Å²) >= 11 is 1.95. The van der Waals surface area contributed by atoms with Gasteiger partial charge in [-0.05, 0) is 43.2 Å². The van der Waals surface area contributed by atoms with Gasteiger partial charge < -0.3 is 11.1 Å². The molecule has 19 heavy (non-hydrogen) atoms. The topological polar surface area (TPSA) is 55.1 Å². The van der Waals surface area contributed by atoms with Crippen LogP contribution in [0.15, 0.2) is 18.2 Å². The van der Waals surface area contributed by atoms with E-state index in [1.807, 2.05) is 36.9 Å². The van der Waals surface area contributed by atoms with E-state index >= 15 is 0 Å². The van der Waals surface area contributed by atoms with Gasteiger partial charge in [0, 0.05) is 22.5 Å². The maximum absolute atomic E-state index is 12.3. The average Bonchev–Trinajstić information content (AvgIpc) is 2.80. The third-order valence-corrected chi connectivity index (χ3v) is 5.10. The van der Waals surface area contributed by atoms with Crippen LogP contribution in [0, 0.1) is 6.92 Å².